The number of likely N-dealkylation sites (N-methyl/N-ethyl adjacent to an activating group) is 1. The monoisotopic (exact) mass is 314 g/mol. The number of aliphatic hydroxyl groups is 1. The fourth-order valence-corrected chi connectivity index (χ4v) is 2.11. The normalized spacial score (nSPS) is 12.6. The minimum absolute atomic E-state index is 0.0632. The van der Waals surface area contributed by atoms with Gasteiger partial charge in [0.15, 0.2) is 6.04 Å². The summed E-state index contributed by atoms with van der Waals surface area (Å²) in [6.45, 7) is 3.17. The van der Waals surface area contributed by atoms with Crippen molar-refractivity contribution >= 4 is 23.6 Å². The largest absolute Gasteiger partial charge is 0.479 e. The minimum atomic E-state index is -1.25. The van der Waals surface area contributed by atoms with Crippen molar-refractivity contribution in [1.29, 1.82) is 0 Å². The average molecular weight is 315 g/mol. The van der Waals surface area contributed by atoms with Crippen LogP contribution in [0.15, 0.2) is 24.3 Å². The molecular formula is C14H19ClN2O4. The van der Waals surface area contributed by atoms with Gasteiger partial charge in [0, 0.05) is 17.6 Å². The average Bonchev–Trinajstić information content (AvgIpc) is 2.34. The molecule has 0 saturated carbocycles. The van der Waals surface area contributed by atoms with Gasteiger partial charge in [-0.25, -0.2) is 9.59 Å². The number of benzene rings is 1. The van der Waals surface area contributed by atoms with E-state index in [4.69, 9.17) is 11.6 Å². The van der Waals surface area contributed by atoms with Crippen molar-refractivity contribution < 1.29 is 19.8 Å². The Morgan fingerprint density at radius 3 is 2.43 bits per heavy atom. The molecule has 1 aromatic rings. The molecule has 0 fully saturated rings. The Hall–Kier alpha value is -1.79. The Labute approximate surface area is 128 Å². The number of carbonyl (C=O) groups excluding carboxylic acids is 1. The number of amides is 2. The zero-order chi connectivity index (χ0) is 16.2. The zero-order valence-electron chi connectivity index (χ0n) is 12.1. The SMILES string of the molecule is CN(CC(C)(C)O)C(=O)N[C@@H](C(=O)O)c1ccccc1Cl. The van der Waals surface area contributed by atoms with Crippen LogP contribution in [0, 0.1) is 0 Å². The number of nitrogens with one attached hydrogen (secondary N) is 1. The molecule has 6 nitrogen and oxygen atoms in total. The van der Waals surface area contributed by atoms with Gasteiger partial charge in [-0.15, -0.1) is 0 Å². The number of carbonyl (C=O) groups is 2. The summed E-state index contributed by atoms with van der Waals surface area (Å²) in [5, 5.41) is 21.6. The van der Waals surface area contributed by atoms with Crippen LogP contribution in [0.2, 0.25) is 5.02 Å². The molecule has 0 saturated heterocycles. The molecule has 0 aliphatic rings. The van der Waals surface area contributed by atoms with Gasteiger partial charge < -0.3 is 20.4 Å². The number of hydrogen-bond acceptors (Lipinski definition) is 3. The third-order valence-corrected chi connectivity index (χ3v) is 3.05. The zero-order valence-corrected chi connectivity index (χ0v) is 12.9. The number of rotatable bonds is 5. The molecule has 0 bridgehead atoms. The Kier molecular flexibility index (Phi) is 5.57. The molecule has 116 valence electrons. The Balaban J connectivity index is 2.88. The van der Waals surface area contributed by atoms with E-state index in [1.807, 2.05) is 0 Å². The van der Waals surface area contributed by atoms with Crippen LogP contribution in [0.25, 0.3) is 0 Å². The lowest BCUT2D eigenvalue weighted by Gasteiger charge is -2.27. The second-order valence-electron chi connectivity index (χ2n) is 5.41. The maximum absolute atomic E-state index is 12.0. The molecule has 0 unspecified atom stereocenters. The van der Waals surface area contributed by atoms with Crippen molar-refractivity contribution in [2.75, 3.05) is 13.6 Å². The molecule has 1 rings (SSSR count). The van der Waals surface area contributed by atoms with E-state index in [0.29, 0.717) is 5.56 Å². The summed E-state index contributed by atoms with van der Waals surface area (Å²) in [6.07, 6.45) is 0. The first-order valence-electron chi connectivity index (χ1n) is 6.33. The fourth-order valence-electron chi connectivity index (χ4n) is 1.87. The van der Waals surface area contributed by atoms with E-state index in [1.54, 1.807) is 32.0 Å². The van der Waals surface area contributed by atoms with E-state index in [-0.39, 0.29) is 11.6 Å². The molecule has 7 heteroatoms. The number of carboxylic acid groups (broad SMARTS) is 1. The summed E-state index contributed by atoms with van der Waals surface area (Å²) in [4.78, 5) is 24.6. The van der Waals surface area contributed by atoms with Crippen molar-refractivity contribution in [3.05, 3.63) is 34.9 Å². The van der Waals surface area contributed by atoms with Gasteiger partial charge in [-0.3, -0.25) is 0 Å². The standard InChI is InChI=1S/C14H19ClN2O4/c1-14(2,21)8-17(3)13(20)16-11(12(18)19)9-6-4-5-7-10(9)15/h4-7,11,21H,8H2,1-3H3,(H,16,20)(H,18,19)/t11-/m1/s1. The topological polar surface area (TPSA) is 89.9 Å². The van der Waals surface area contributed by atoms with Crippen molar-refractivity contribution in [2.45, 2.75) is 25.5 Å². The first kappa shape index (κ1) is 17.3. The third-order valence-electron chi connectivity index (χ3n) is 2.70. The minimum Gasteiger partial charge on any atom is -0.479 e. The van der Waals surface area contributed by atoms with Crippen LogP contribution < -0.4 is 5.32 Å². The summed E-state index contributed by atoms with van der Waals surface area (Å²) in [5.74, 6) is -1.21. The van der Waals surface area contributed by atoms with Crippen LogP contribution in [-0.2, 0) is 4.79 Å². The molecule has 21 heavy (non-hydrogen) atoms. The summed E-state index contributed by atoms with van der Waals surface area (Å²) in [7, 11) is 1.47. The molecule has 1 atom stereocenters. The van der Waals surface area contributed by atoms with E-state index in [1.165, 1.54) is 18.0 Å². The Morgan fingerprint density at radius 1 is 1.38 bits per heavy atom. The highest BCUT2D eigenvalue weighted by Crippen LogP contribution is 2.23. The van der Waals surface area contributed by atoms with Crippen molar-refractivity contribution in [1.82, 2.24) is 10.2 Å². The molecule has 0 heterocycles. The maximum Gasteiger partial charge on any atom is 0.331 e. The van der Waals surface area contributed by atoms with Gasteiger partial charge in [0.2, 0.25) is 0 Å². The summed E-state index contributed by atoms with van der Waals surface area (Å²) in [5.41, 5.74) is -0.772. The highest BCUT2D eigenvalue weighted by atomic mass is 35.5. The third kappa shape index (κ3) is 5.24. The highest BCUT2D eigenvalue weighted by Gasteiger charge is 2.27. The lowest BCUT2D eigenvalue weighted by atomic mass is 10.1. The first-order valence-corrected chi connectivity index (χ1v) is 6.71. The van der Waals surface area contributed by atoms with Crippen LogP contribution in [-0.4, -0.2) is 46.3 Å². The van der Waals surface area contributed by atoms with E-state index in [0.717, 1.165) is 0 Å². The summed E-state index contributed by atoms with van der Waals surface area (Å²) >= 11 is 5.96. The highest BCUT2D eigenvalue weighted by molar-refractivity contribution is 6.31. The molecule has 2 amide bonds. The maximum atomic E-state index is 12.0. The number of aliphatic carboxylic acids is 1. The van der Waals surface area contributed by atoms with Gasteiger partial charge in [0.1, 0.15) is 0 Å². The summed E-state index contributed by atoms with van der Waals surface area (Å²) in [6, 6.07) is 4.55. The van der Waals surface area contributed by atoms with E-state index >= 15 is 0 Å². The number of hydrogen-bond donors (Lipinski definition) is 3. The number of urea groups is 1. The fraction of sp³-hybridized carbons (Fsp3) is 0.429. The van der Waals surface area contributed by atoms with Crippen LogP contribution >= 0.6 is 11.6 Å². The smallest absolute Gasteiger partial charge is 0.331 e. The first-order chi connectivity index (χ1) is 9.61. The second-order valence-corrected chi connectivity index (χ2v) is 5.82. The summed E-state index contributed by atoms with van der Waals surface area (Å²) < 4.78 is 0. The Morgan fingerprint density at radius 2 is 1.95 bits per heavy atom. The van der Waals surface area contributed by atoms with Crippen molar-refractivity contribution in [3.63, 3.8) is 0 Å². The van der Waals surface area contributed by atoms with Gasteiger partial charge in [-0.2, -0.15) is 0 Å². The van der Waals surface area contributed by atoms with Gasteiger partial charge in [0.25, 0.3) is 0 Å². The lowest BCUT2D eigenvalue weighted by molar-refractivity contribution is -0.139. The molecule has 1 aromatic carbocycles. The number of carboxylic acids is 1. The van der Waals surface area contributed by atoms with Crippen LogP contribution in [0.3, 0.4) is 0 Å². The second kappa shape index (κ2) is 6.78. The van der Waals surface area contributed by atoms with E-state index in [9.17, 15) is 19.8 Å². The molecule has 0 aromatic heterocycles. The van der Waals surface area contributed by atoms with Gasteiger partial charge in [0.05, 0.1) is 12.1 Å². The molecule has 3 N–H and O–H groups in total. The molecule has 0 spiro atoms. The number of nitrogens with zero attached hydrogens (tertiary/aromatic N) is 1. The Bertz CT molecular complexity index is 528. The molecule has 0 aliphatic carbocycles. The van der Waals surface area contributed by atoms with Crippen LogP contribution in [0.1, 0.15) is 25.5 Å². The predicted octanol–water partition coefficient (Wildman–Crippen LogP) is 1.88. The molecule has 0 aliphatic heterocycles. The lowest BCUT2D eigenvalue weighted by Crippen LogP contribution is -2.47. The van der Waals surface area contributed by atoms with Crippen LogP contribution in [0.5, 0.6) is 0 Å². The quantitative estimate of drug-likeness (QED) is 0.774. The van der Waals surface area contributed by atoms with Gasteiger partial charge in [-0.1, -0.05) is 29.8 Å². The number of halogens is 1. The molecular weight excluding hydrogens is 296 g/mol. The predicted molar refractivity (Wildman–Crippen MR) is 79.3 cm³/mol. The van der Waals surface area contributed by atoms with E-state index in [2.05, 4.69) is 5.32 Å². The van der Waals surface area contributed by atoms with Gasteiger partial charge in [-0.05, 0) is 19.9 Å². The van der Waals surface area contributed by atoms with E-state index < -0.39 is 23.6 Å². The van der Waals surface area contributed by atoms with Crippen LogP contribution in [0.4, 0.5) is 4.79 Å². The molecule has 0 radical (unpaired) electrons. The van der Waals surface area contributed by atoms with Crippen molar-refractivity contribution in [3.8, 4) is 0 Å². The van der Waals surface area contributed by atoms with Crippen molar-refractivity contribution in [2.24, 2.45) is 0 Å². The van der Waals surface area contributed by atoms with Gasteiger partial charge >= 0.3 is 12.0 Å².